The number of hydrogen-bond acceptors (Lipinski definition) is 3. The third-order valence-corrected chi connectivity index (χ3v) is 1.98. The minimum Gasteiger partial charge on any atom is -0.481 e. The summed E-state index contributed by atoms with van der Waals surface area (Å²) in [5.74, 6) is -0.502. The maximum absolute atomic E-state index is 11.0. The molecule has 0 saturated heterocycles. The van der Waals surface area contributed by atoms with Gasteiger partial charge in [0.15, 0.2) is 0 Å². The Morgan fingerprint density at radius 3 is 2.29 bits per heavy atom. The molecule has 0 heterocycles. The SMILES string of the molecule is CC(=O)C(CC(=O)O)NCCC(C)C. The Labute approximate surface area is 84.7 Å². The number of aliphatic carboxylic acids is 1. The molecule has 4 heteroatoms. The van der Waals surface area contributed by atoms with Crippen LogP contribution in [0.4, 0.5) is 0 Å². The lowest BCUT2D eigenvalue weighted by molar-refractivity contribution is -0.139. The van der Waals surface area contributed by atoms with E-state index >= 15 is 0 Å². The van der Waals surface area contributed by atoms with Gasteiger partial charge in [-0.15, -0.1) is 0 Å². The van der Waals surface area contributed by atoms with E-state index in [-0.39, 0.29) is 12.2 Å². The number of carbonyl (C=O) groups excluding carboxylic acids is 1. The van der Waals surface area contributed by atoms with Crippen molar-refractivity contribution in [3.05, 3.63) is 0 Å². The summed E-state index contributed by atoms with van der Waals surface area (Å²) in [5.41, 5.74) is 0. The molecule has 0 aromatic carbocycles. The predicted octanol–water partition coefficient (Wildman–Crippen LogP) is 1.05. The second-order valence-corrected chi connectivity index (χ2v) is 3.90. The number of Topliss-reactive ketones (excluding diaryl/α,β-unsaturated/α-hetero) is 1. The number of ketones is 1. The number of rotatable bonds is 7. The van der Waals surface area contributed by atoms with Gasteiger partial charge in [-0.1, -0.05) is 13.8 Å². The van der Waals surface area contributed by atoms with Gasteiger partial charge < -0.3 is 10.4 Å². The van der Waals surface area contributed by atoms with E-state index in [2.05, 4.69) is 19.2 Å². The summed E-state index contributed by atoms with van der Waals surface area (Å²) < 4.78 is 0. The molecule has 0 bridgehead atoms. The molecule has 1 unspecified atom stereocenters. The van der Waals surface area contributed by atoms with Crippen LogP contribution in [0.1, 0.15) is 33.6 Å². The van der Waals surface area contributed by atoms with Gasteiger partial charge in [0.05, 0.1) is 12.5 Å². The van der Waals surface area contributed by atoms with Gasteiger partial charge in [0.25, 0.3) is 0 Å². The quantitative estimate of drug-likeness (QED) is 0.646. The Kier molecular flexibility index (Phi) is 6.12. The van der Waals surface area contributed by atoms with Gasteiger partial charge in [-0.2, -0.15) is 0 Å². The Morgan fingerprint density at radius 2 is 1.93 bits per heavy atom. The fourth-order valence-corrected chi connectivity index (χ4v) is 1.08. The lowest BCUT2D eigenvalue weighted by Gasteiger charge is -2.14. The van der Waals surface area contributed by atoms with Crippen LogP contribution in [-0.2, 0) is 9.59 Å². The molecule has 0 radical (unpaired) electrons. The lowest BCUT2D eigenvalue weighted by Crippen LogP contribution is -2.38. The smallest absolute Gasteiger partial charge is 0.305 e. The second-order valence-electron chi connectivity index (χ2n) is 3.90. The normalized spacial score (nSPS) is 12.9. The molecule has 0 aromatic rings. The zero-order valence-corrected chi connectivity index (χ0v) is 9.04. The first kappa shape index (κ1) is 13.1. The van der Waals surface area contributed by atoms with Crippen LogP contribution in [0.25, 0.3) is 0 Å². The summed E-state index contributed by atoms with van der Waals surface area (Å²) in [6, 6.07) is -0.536. The molecule has 2 N–H and O–H groups in total. The van der Waals surface area contributed by atoms with Crippen LogP contribution in [0.15, 0.2) is 0 Å². The number of nitrogens with one attached hydrogen (secondary N) is 1. The number of hydrogen-bond donors (Lipinski definition) is 2. The van der Waals surface area contributed by atoms with E-state index < -0.39 is 12.0 Å². The van der Waals surface area contributed by atoms with Crippen molar-refractivity contribution in [1.82, 2.24) is 5.32 Å². The number of carboxylic acids is 1. The summed E-state index contributed by atoms with van der Waals surface area (Å²) in [6.45, 7) is 6.27. The van der Waals surface area contributed by atoms with Crippen LogP contribution in [-0.4, -0.2) is 29.4 Å². The third-order valence-electron chi connectivity index (χ3n) is 1.98. The standard InChI is InChI=1S/C10H19NO3/c1-7(2)4-5-11-9(8(3)12)6-10(13)14/h7,9,11H,4-6H2,1-3H3,(H,13,14). The first-order chi connectivity index (χ1) is 6.43. The maximum atomic E-state index is 11.0. The van der Waals surface area contributed by atoms with Gasteiger partial charge in [-0.25, -0.2) is 0 Å². The predicted molar refractivity (Wildman–Crippen MR) is 54.2 cm³/mol. The summed E-state index contributed by atoms with van der Waals surface area (Å²) in [6.07, 6.45) is 0.816. The van der Waals surface area contributed by atoms with E-state index in [0.717, 1.165) is 6.42 Å². The van der Waals surface area contributed by atoms with Crippen molar-refractivity contribution in [3.63, 3.8) is 0 Å². The topological polar surface area (TPSA) is 66.4 Å². The van der Waals surface area contributed by atoms with E-state index in [1.54, 1.807) is 0 Å². The van der Waals surface area contributed by atoms with E-state index in [0.29, 0.717) is 12.5 Å². The van der Waals surface area contributed by atoms with Gasteiger partial charge in [0, 0.05) is 0 Å². The van der Waals surface area contributed by atoms with E-state index in [1.165, 1.54) is 6.92 Å². The van der Waals surface area contributed by atoms with Crippen LogP contribution in [0.3, 0.4) is 0 Å². The van der Waals surface area contributed by atoms with Gasteiger partial charge in [0.2, 0.25) is 0 Å². The zero-order valence-electron chi connectivity index (χ0n) is 9.04. The average Bonchev–Trinajstić information content (AvgIpc) is 2.00. The molecule has 0 fully saturated rings. The fraction of sp³-hybridized carbons (Fsp3) is 0.800. The van der Waals surface area contributed by atoms with Crippen LogP contribution in [0, 0.1) is 5.92 Å². The molecule has 0 aliphatic heterocycles. The average molecular weight is 201 g/mol. The number of carbonyl (C=O) groups is 2. The molecule has 0 saturated carbocycles. The van der Waals surface area contributed by atoms with Gasteiger partial charge in [0.1, 0.15) is 5.78 Å². The Hall–Kier alpha value is -0.900. The van der Waals surface area contributed by atoms with Crippen molar-refractivity contribution in [2.75, 3.05) is 6.54 Å². The lowest BCUT2D eigenvalue weighted by atomic mass is 10.1. The van der Waals surface area contributed by atoms with E-state index in [4.69, 9.17) is 5.11 Å². The molecule has 0 aliphatic rings. The first-order valence-corrected chi connectivity index (χ1v) is 4.89. The minimum absolute atomic E-state index is 0.115. The van der Waals surface area contributed by atoms with Crippen molar-refractivity contribution < 1.29 is 14.7 Å². The summed E-state index contributed by atoms with van der Waals surface area (Å²) >= 11 is 0. The Morgan fingerprint density at radius 1 is 1.36 bits per heavy atom. The van der Waals surface area contributed by atoms with E-state index in [1.807, 2.05) is 0 Å². The van der Waals surface area contributed by atoms with Crippen molar-refractivity contribution in [2.24, 2.45) is 5.92 Å². The Bertz CT molecular complexity index is 202. The molecule has 14 heavy (non-hydrogen) atoms. The Balaban J connectivity index is 3.86. The van der Waals surface area contributed by atoms with Crippen LogP contribution >= 0.6 is 0 Å². The van der Waals surface area contributed by atoms with Crippen LogP contribution in [0.2, 0.25) is 0 Å². The second kappa shape index (κ2) is 6.54. The molecule has 0 spiro atoms. The zero-order chi connectivity index (χ0) is 11.1. The fourth-order valence-electron chi connectivity index (χ4n) is 1.08. The monoisotopic (exact) mass is 201 g/mol. The molecule has 0 amide bonds. The third kappa shape index (κ3) is 6.60. The van der Waals surface area contributed by atoms with E-state index in [9.17, 15) is 9.59 Å². The highest BCUT2D eigenvalue weighted by Crippen LogP contribution is 1.99. The molecule has 0 rings (SSSR count). The van der Waals surface area contributed by atoms with Gasteiger partial charge in [-0.05, 0) is 25.8 Å². The summed E-state index contributed by atoms with van der Waals surface area (Å²) in [4.78, 5) is 21.4. The first-order valence-electron chi connectivity index (χ1n) is 4.89. The summed E-state index contributed by atoms with van der Waals surface area (Å²) in [7, 11) is 0. The van der Waals surface area contributed by atoms with Crippen molar-refractivity contribution >= 4 is 11.8 Å². The highest BCUT2D eigenvalue weighted by atomic mass is 16.4. The minimum atomic E-state index is -0.942. The highest BCUT2D eigenvalue weighted by Gasteiger charge is 2.16. The summed E-state index contributed by atoms with van der Waals surface area (Å²) in [5, 5.41) is 11.5. The molecule has 82 valence electrons. The van der Waals surface area contributed by atoms with Crippen LogP contribution in [0.5, 0.6) is 0 Å². The highest BCUT2D eigenvalue weighted by molar-refractivity contribution is 5.85. The molecule has 0 aliphatic carbocycles. The largest absolute Gasteiger partial charge is 0.481 e. The van der Waals surface area contributed by atoms with Crippen molar-refractivity contribution in [3.8, 4) is 0 Å². The maximum Gasteiger partial charge on any atom is 0.305 e. The molecule has 4 nitrogen and oxygen atoms in total. The van der Waals surface area contributed by atoms with Crippen molar-refractivity contribution in [2.45, 2.75) is 39.7 Å². The number of carboxylic acid groups (broad SMARTS) is 1. The molecule has 1 atom stereocenters. The molecular formula is C10H19NO3. The molecular weight excluding hydrogens is 182 g/mol. The molecule has 0 aromatic heterocycles. The van der Waals surface area contributed by atoms with Crippen molar-refractivity contribution in [1.29, 1.82) is 0 Å². The van der Waals surface area contributed by atoms with Gasteiger partial charge in [-0.3, -0.25) is 9.59 Å². The van der Waals surface area contributed by atoms with Gasteiger partial charge >= 0.3 is 5.97 Å². The van der Waals surface area contributed by atoms with Crippen LogP contribution < -0.4 is 5.32 Å².